The highest BCUT2D eigenvalue weighted by Gasteiger charge is 2.48. The molecule has 3 aromatic rings. The second kappa shape index (κ2) is 9.87. The van der Waals surface area contributed by atoms with Crippen LogP contribution >= 0.6 is 0 Å². The van der Waals surface area contributed by atoms with Crippen LogP contribution in [0.4, 0.5) is 4.79 Å². The number of nitriles is 1. The highest BCUT2D eigenvalue weighted by atomic mass is 32.2. The van der Waals surface area contributed by atoms with Gasteiger partial charge in [-0.05, 0) is 37.7 Å². The minimum Gasteiger partial charge on any atom is -0.444 e. The predicted octanol–water partition coefficient (Wildman–Crippen LogP) is 3.01. The molecule has 0 atom stereocenters. The van der Waals surface area contributed by atoms with Crippen molar-refractivity contribution in [1.29, 1.82) is 5.26 Å². The van der Waals surface area contributed by atoms with Crippen molar-refractivity contribution in [2.75, 3.05) is 38.0 Å². The van der Waals surface area contributed by atoms with Gasteiger partial charge in [0, 0.05) is 23.3 Å². The Morgan fingerprint density at radius 3 is 2.74 bits per heavy atom. The maximum atomic E-state index is 12.4. The normalized spacial score (nSPS) is 15.3. The largest absolute Gasteiger partial charge is 0.444 e. The van der Waals surface area contributed by atoms with Gasteiger partial charge in [0.05, 0.1) is 56.6 Å². The zero-order chi connectivity index (χ0) is 25.2. The third-order valence-electron chi connectivity index (χ3n) is 5.79. The lowest BCUT2D eigenvalue weighted by Gasteiger charge is -2.48. The standard InChI is InChI=1S/C24H32N7O3S/c1-23(2,3)34-22(32)30-14-24(15-30,7-8-25)31-13-18(12-28-31)20-19-6-9-29(21(19)27-16-26-20)17-33-10-11-35(4)5/h6,9,12-13,16H,7,10-11,14-15,17H2,1-5H3/q+1. The number of carbonyl (C=O) groups is 1. The fourth-order valence-corrected chi connectivity index (χ4v) is 4.49. The molecule has 0 N–H and O–H groups in total. The molecule has 1 fully saturated rings. The molecule has 35 heavy (non-hydrogen) atoms. The SMILES string of the molecule is C[S+](C)CCOCn1ccc2c(-c3cnn(C4(CC#N)CN(C(=O)OC(C)(C)C)C4)c3)ncnc21. The summed E-state index contributed by atoms with van der Waals surface area (Å²) in [5, 5.41) is 14.9. The molecule has 0 unspecified atom stereocenters. The second-order valence-electron chi connectivity index (χ2n) is 10.0. The molecule has 0 bridgehead atoms. The quantitative estimate of drug-likeness (QED) is 0.347. The van der Waals surface area contributed by atoms with Gasteiger partial charge in [-0.1, -0.05) is 0 Å². The Morgan fingerprint density at radius 1 is 1.29 bits per heavy atom. The highest BCUT2D eigenvalue weighted by Crippen LogP contribution is 2.35. The van der Waals surface area contributed by atoms with Crippen molar-refractivity contribution >= 4 is 28.0 Å². The molecule has 1 amide bonds. The van der Waals surface area contributed by atoms with E-state index in [-0.39, 0.29) is 12.5 Å². The van der Waals surface area contributed by atoms with Gasteiger partial charge in [0.15, 0.2) is 0 Å². The third kappa shape index (κ3) is 5.44. The Labute approximate surface area is 208 Å². The van der Waals surface area contributed by atoms with Crippen molar-refractivity contribution in [2.45, 2.75) is 45.1 Å². The van der Waals surface area contributed by atoms with Gasteiger partial charge >= 0.3 is 6.09 Å². The lowest BCUT2D eigenvalue weighted by atomic mass is 9.87. The Bertz CT molecular complexity index is 1230. The monoisotopic (exact) mass is 498 g/mol. The molecule has 0 spiro atoms. The van der Waals surface area contributed by atoms with Gasteiger partial charge in [-0.15, -0.1) is 0 Å². The van der Waals surface area contributed by atoms with E-state index in [1.807, 2.05) is 43.8 Å². The summed E-state index contributed by atoms with van der Waals surface area (Å²) in [4.78, 5) is 23.0. The van der Waals surface area contributed by atoms with Crippen LogP contribution in [0.1, 0.15) is 27.2 Å². The number of fused-ring (bicyclic) bond motifs is 1. The first kappa shape index (κ1) is 25.0. The molecule has 4 rings (SSSR count). The second-order valence-corrected chi connectivity index (χ2v) is 12.4. The summed E-state index contributed by atoms with van der Waals surface area (Å²) in [6, 6.07) is 4.23. The van der Waals surface area contributed by atoms with Crippen LogP contribution in [-0.2, 0) is 32.6 Å². The molecule has 1 saturated heterocycles. The van der Waals surface area contributed by atoms with Gasteiger partial charge in [0.25, 0.3) is 0 Å². The summed E-state index contributed by atoms with van der Waals surface area (Å²) in [7, 11) is 0.350. The summed E-state index contributed by atoms with van der Waals surface area (Å²) in [6.07, 6.45) is 11.4. The molecule has 3 aromatic heterocycles. The van der Waals surface area contributed by atoms with Crippen molar-refractivity contribution < 1.29 is 14.3 Å². The number of likely N-dealkylation sites (tertiary alicyclic amines) is 1. The predicted molar refractivity (Wildman–Crippen MR) is 135 cm³/mol. The van der Waals surface area contributed by atoms with Crippen molar-refractivity contribution in [2.24, 2.45) is 0 Å². The Morgan fingerprint density at radius 2 is 2.06 bits per heavy atom. The molecular formula is C24H32N7O3S+. The van der Waals surface area contributed by atoms with Crippen LogP contribution in [0.15, 0.2) is 31.0 Å². The number of nitrogens with zero attached hydrogens (tertiary/aromatic N) is 7. The van der Waals surface area contributed by atoms with Crippen LogP contribution in [0.5, 0.6) is 0 Å². The van der Waals surface area contributed by atoms with E-state index in [0.717, 1.165) is 28.0 Å². The molecule has 1 aliphatic rings. The van der Waals surface area contributed by atoms with Crippen molar-refractivity contribution in [3.8, 4) is 17.3 Å². The van der Waals surface area contributed by atoms with Crippen LogP contribution in [0.25, 0.3) is 22.3 Å². The van der Waals surface area contributed by atoms with E-state index < -0.39 is 11.1 Å². The first-order valence-corrected chi connectivity index (χ1v) is 13.7. The van der Waals surface area contributed by atoms with E-state index in [0.29, 0.717) is 37.3 Å². The summed E-state index contributed by atoms with van der Waals surface area (Å²) < 4.78 is 15.0. The number of ether oxygens (including phenoxy) is 2. The number of amides is 1. The van der Waals surface area contributed by atoms with Gasteiger partial charge in [-0.25, -0.2) is 14.8 Å². The number of aromatic nitrogens is 5. The van der Waals surface area contributed by atoms with E-state index in [9.17, 15) is 10.1 Å². The molecule has 0 aliphatic carbocycles. The van der Waals surface area contributed by atoms with E-state index >= 15 is 0 Å². The van der Waals surface area contributed by atoms with Crippen molar-refractivity contribution in [1.82, 2.24) is 29.2 Å². The molecule has 11 heteroatoms. The van der Waals surface area contributed by atoms with Gasteiger partial charge in [0.1, 0.15) is 35.6 Å². The van der Waals surface area contributed by atoms with Crippen LogP contribution in [-0.4, -0.2) is 78.9 Å². The molecular weight excluding hydrogens is 466 g/mol. The van der Waals surface area contributed by atoms with E-state index in [1.165, 1.54) is 0 Å². The number of carbonyl (C=O) groups excluding carboxylic acids is 1. The molecule has 186 valence electrons. The molecule has 1 aliphatic heterocycles. The zero-order valence-corrected chi connectivity index (χ0v) is 21.7. The van der Waals surface area contributed by atoms with Gasteiger partial charge in [0.2, 0.25) is 0 Å². The molecule has 10 nitrogen and oxygen atoms in total. The van der Waals surface area contributed by atoms with E-state index in [4.69, 9.17) is 9.47 Å². The number of hydrogen-bond acceptors (Lipinski definition) is 7. The minimum atomic E-state index is -0.590. The molecule has 0 radical (unpaired) electrons. The topological polar surface area (TPSA) is 111 Å². The summed E-state index contributed by atoms with van der Waals surface area (Å²) >= 11 is 0. The first-order chi connectivity index (χ1) is 16.6. The summed E-state index contributed by atoms with van der Waals surface area (Å²) in [5.41, 5.74) is 1.22. The maximum absolute atomic E-state index is 12.4. The van der Waals surface area contributed by atoms with Crippen LogP contribution < -0.4 is 0 Å². The van der Waals surface area contributed by atoms with Crippen molar-refractivity contribution in [3.63, 3.8) is 0 Å². The Kier molecular flexibility index (Phi) is 7.05. The average molecular weight is 499 g/mol. The van der Waals surface area contributed by atoms with Crippen LogP contribution in [0.3, 0.4) is 0 Å². The van der Waals surface area contributed by atoms with Crippen LogP contribution in [0.2, 0.25) is 0 Å². The Hall–Kier alpha value is -3.10. The van der Waals surface area contributed by atoms with Gasteiger partial charge < -0.3 is 18.9 Å². The summed E-state index contributed by atoms with van der Waals surface area (Å²) in [5.74, 6) is 1.04. The fourth-order valence-electron chi connectivity index (χ4n) is 4.04. The van der Waals surface area contributed by atoms with Gasteiger partial charge in [-0.2, -0.15) is 10.4 Å². The lowest BCUT2D eigenvalue weighted by molar-refractivity contribution is -0.0314. The maximum Gasteiger partial charge on any atom is 0.410 e. The molecule has 0 aromatic carbocycles. The van der Waals surface area contributed by atoms with Gasteiger partial charge in [-0.3, -0.25) is 4.68 Å². The smallest absolute Gasteiger partial charge is 0.410 e. The van der Waals surface area contributed by atoms with Crippen LogP contribution in [0, 0.1) is 11.3 Å². The lowest BCUT2D eigenvalue weighted by Crippen LogP contribution is -2.64. The number of hydrogen-bond donors (Lipinski definition) is 0. The fraction of sp³-hybridized carbons (Fsp3) is 0.542. The van der Waals surface area contributed by atoms with E-state index in [2.05, 4.69) is 33.6 Å². The third-order valence-corrected chi connectivity index (χ3v) is 6.78. The zero-order valence-electron chi connectivity index (χ0n) is 20.9. The van der Waals surface area contributed by atoms with E-state index in [1.54, 1.807) is 22.1 Å². The minimum absolute atomic E-state index is 0.233. The highest BCUT2D eigenvalue weighted by molar-refractivity contribution is 7.95. The molecule has 0 saturated carbocycles. The average Bonchev–Trinajstić information content (AvgIpc) is 3.39. The first-order valence-electron chi connectivity index (χ1n) is 11.4. The Balaban J connectivity index is 1.52. The summed E-state index contributed by atoms with van der Waals surface area (Å²) in [6.45, 7) is 7.37. The molecule has 4 heterocycles. The van der Waals surface area contributed by atoms with Crippen molar-refractivity contribution in [3.05, 3.63) is 31.0 Å². The number of rotatable bonds is 8.